The summed E-state index contributed by atoms with van der Waals surface area (Å²) in [4.78, 5) is 0. The van der Waals surface area contributed by atoms with Crippen molar-refractivity contribution < 1.29 is 23.0 Å². The maximum absolute atomic E-state index is 12.6. The Morgan fingerprint density at radius 3 is 2.00 bits per heavy atom. The molecule has 0 bridgehead atoms. The second-order valence-corrected chi connectivity index (χ2v) is 6.42. The standard InChI is InChI=1S/C20H18F3NO2/c1-19(24,12-25)16-4-2-14-11-18(7-3-13(14)10-16)26-17-8-5-15(6-9-17)20(21,22)23/h2-11,25H,12,24H2,1H3/t19-/m0/s1. The first kappa shape index (κ1) is 18.2. The van der Waals surface area contributed by atoms with Crippen LogP contribution in [0.4, 0.5) is 13.2 Å². The van der Waals surface area contributed by atoms with Crippen molar-refractivity contribution in [3.05, 3.63) is 71.8 Å². The molecule has 0 saturated carbocycles. The lowest BCUT2D eigenvalue weighted by Crippen LogP contribution is -2.36. The lowest BCUT2D eigenvalue weighted by atomic mass is 9.92. The molecular weight excluding hydrogens is 343 g/mol. The summed E-state index contributed by atoms with van der Waals surface area (Å²) in [6.07, 6.45) is -4.37. The van der Waals surface area contributed by atoms with Crippen LogP contribution in [0, 0.1) is 0 Å². The summed E-state index contributed by atoms with van der Waals surface area (Å²) in [6.45, 7) is 1.57. The molecule has 0 heterocycles. The summed E-state index contributed by atoms with van der Waals surface area (Å²) in [5.74, 6) is 0.839. The van der Waals surface area contributed by atoms with Crippen molar-refractivity contribution in [2.45, 2.75) is 18.6 Å². The summed E-state index contributed by atoms with van der Waals surface area (Å²) in [6, 6.07) is 15.5. The molecule has 0 fully saturated rings. The van der Waals surface area contributed by atoms with Crippen molar-refractivity contribution in [2.75, 3.05) is 6.61 Å². The number of benzene rings is 3. The third-order valence-electron chi connectivity index (χ3n) is 4.22. The predicted molar refractivity (Wildman–Crippen MR) is 94.1 cm³/mol. The highest BCUT2D eigenvalue weighted by molar-refractivity contribution is 5.84. The van der Waals surface area contributed by atoms with Crippen LogP contribution in [-0.4, -0.2) is 11.7 Å². The monoisotopic (exact) mass is 361 g/mol. The summed E-state index contributed by atoms with van der Waals surface area (Å²) >= 11 is 0. The number of ether oxygens (including phenoxy) is 1. The van der Waals surface area contributed by atoms with Gasteiger partial charge in [-0.25, -0.2) is 0 Å². The van der Waals surface area contributed by atoms with Gasteiger partial charge in [0, 0.05) is 0 Å². The number of hydrogen-bond donors (Lipinski definition) is 2. The number of halogens is 3. The van der Waals surface area contributed by atoms with Crippen molar-refractivity contribution in [2.24, 2.45) is 5.73 Å². The van der Waals surface area contributed by atoms with E-state index in [9.17, 15) is 18.3 Å². The van der Waals surface area contributed by atoms with Gasteiger partial charge < -0.3 is 15.6 Å². The molecule has 0 aliphatic carbocycles. The average molecular weight is 361 g/mol. The summed E-state index contributed by atoms with van der Waals surface area (Å²) in [7, 11) is 0. The molecule has 3 aromatic carbocycles. The fraction of sp³-hybridized carbons (Fsp3) is 0.200. The Hall–Kier alpha value is -2.57. The highest BCUT2D eigenvalue weighted by Gasteiger charge is 2.30. The zero-order valence-electron chi connectivity index (χ0n) is 14.0. The molecule has 0 aliphatic rings. The Labute approximate surface area is 148 Å². The minimum Gasteiger partial charge on any atom is -0.457 e. The van der Waals surface area contributed by atoms with Crippen LogP contribution >= 0.6 is 0 Å². The van der Waals surface area contributed by atoms with E-state index in [4.69, 9.17) is 10.5 Å². The van der Waals surface area contributed by atoms with E-state index in [1.54, 1.807) is 19.1 Å². The van der Waals surface area contributed by atoms with E-state index in [1.807, 2.05) is 24.3 Å². The molecule has 3 nitrogen and oxygen atoms in total. The molecule has 3 N–H and O–H groups in total. The lowest BCUT2D eigenvalue weighted by Gasteiger charge is -2.22. The fourth-order valence-corrected chi connectivity index (χ4v) is 2.58. The van der Waals surface area contributed by atoms with Gasteiger partial charge in [0.1, 0.15) is 11.5 Å². The molecule has 6 heteroatoms. The van der Waals surface area contributed by atoms with Crippen molar-refractivity contribution in [3.63, 3.8) is 0 Å². The summed E-state index contributed by atoms with van der Waals surface area (Å²) in [5, 5.41) is 11.2. The Bertz CT molecular complexity index is 918. The van der Waals surface area contributed by atoms with Crippen LogP contribution in [0.25, 0.3) is 10.8 Å². The average Bonchev–Trinajstić information content (AvgIpc) is 2.61. The normalized spacial score (nSPS) is 14.2. The first-order valence-electron chi connectivity index (χ1n) is 7.98. The molecule has 0 aromatic heterocycles. The predicted octanol–water partition coefficient (Wildman–Crippen LogP) is 4.82. The molecule has 26 heavy (non-hydrogen) atoms. The number of hydrogen-bond acceptors (Lipinski definition) is 3. The van der Waals surface area contributed by atoms with Gasteiger partial charge in [-0.2, -0.15) is 13.2 Å². The molecule has 3 aromatic rings. The number of nitrogens with two attached hydrogens (primary N) is 1. The van der Waals surface area contributed by atoms with Gasteiger partial charge in [-0.3, -0.25) is 0 Å². The number of rotatable bonds is 4. The largest absolute Gasteiger partial charge is 0.457 e. The van der Waals surface area contributed by atoms with E-state index in [0.717, 1.165) is 28.5 Å². The lowest BCUT2D eigenvalue weighted by molar-refractivity contribution is -0.137. The fourth-order valence-electron chi connectivity index (χ4n) is 2.58. The van der Waals surface area contributed by atoms with Gasteiger partial charge in [0.15, 0.2) is 0 Å². The number of alkyl halides is 3. The molecule has 0 unspecified atom stereocenters. The van der Waals surface area contributed by atoms with Crippen LogP contribution in [0.1, 0.15) is 18.1 Å². The SMILES string of the molecule is C[C@](N)(CO)c1ccc2cc(Oc3ccc(C(F)(F)F)cc3)ccc2c1. The molecule has 0 saturated heterocycles. The number of aliphatic hydroxyl groups excluding tert-OH is 1. The Morgan fingerprint density at radius 2 is 1.38 bits per heavy atom. The highest BCUT2D eigenvalue weighted by atomic mass is 19.4. The van der Waals surface area contributed by atoms with Crippen LogP contribution in [-0.2, 0) is 11.7 Å². The third-order valence-corrected chi connectivity index (χ3v) is 4.22. The molecular formula is C20H18F3NO2. The Balaban J connectivity index is 1.84. The van der Waals surface area contributed by atoms with Crippen LogP contribution in [0.5, 0.6) is 11.5 Å². The quantitative estimate of drug-likeness (QED) is 0.701. The first-order chi connectivity index (χ1) is 12.2. The second kappa shape index (κ2) is 6.63. The van der Waals surface area contributed by atoms with Crippen LogP contribution in [0.2, 0.25) is 0 Å². The Morgan fingerprint density at radius 1 is 0.846 bits per heavy atom. The van der Waals surface area contributed by atoms with Crippen LogP contribution < -0.4 is 10.5 Å². The van der Waals surface area contributed by atoms with E-state index in [1.165, 1.54) is 12.1 Å². The molecule has 0 spiro atoms. The number of aliphatic hydroxyl groups is 1. The summed E-state index contributed by atoms with van der Waals surface area (Å²) < 4.78 is 43.4. The van der Waals surface area contributed by atoms with Gasteiger partial charge in [0.05, 0.1) is 17.7 Å². The zero-order chi connectivity index (χ0) is 18.9. The minimum absolute atomic E-state index is 0.173. The van der Waals surface area contributed by atoms with E-state index < -0.39 is 17.3 Å². The van der Waals surface area contributed by atoms with E-state index in [-0.39, 0.29) is 6.61 Å². The Kier molecular flexibility index (Phi) is 4.64. The van der Waals surface area contributed by atoms with Gasteiger partial charge in [-0.15, -0.1) is 0 Å². The minimum atomic E-state index is -4.37. The zero-order valence-corrected chi connectivity index (χ0v) is 14.0. The molecule has 0 radical (unpaired) electrons. The molecule has 136 valence electrons. The second-order valence-electron chi connectivity index (χ2n) is 6.42. The summed E-state index contributed by atoms with van der Waals surface area (Å²) in [5.41, 5.74) is 5.31. The van der Waals surface area contributed by atoms with Crippen molar-refractivity contribution in [3.8, 4) is 11.5 Å². The van der Waals surface area contributed by atoms with E-state index in [2.05, 4.69) is 0 Å². The van der Waals surface area contributed by atoms with E-state index >= 15 is 0 Å². The smallest absolute Gasteiger partial charge is 0.416 e. The molecule has 1 atom stereocenters. The van der Waals surface area contributed by atoms with Gasteiger partial charge in [-0.05, 0) is 65.7 Å². The molecule has 3 rings (SSSR count). The van der Waals surface area contributed by atoms with Gasteiger partial charge in [-0.1, -0.05) is 18.2 Å². The van der Waals surface area contributed by atoms with Crippen LogP contribution in [0.3, 0.4) is 0 Å². The highest BCUT2D eigenvalue weighted by Crippen LogP contribution is 2.32. The molecule has 0 amide bonds. The first-order valence-corrected chi connectivity index (χ1v) is 7.98. The number of fused-ring (bicyclic) bond motifs is 1. The van der Waals surface area contributed by atoms with Crippen molar-refractivity contribution in [1.29, 1.82) is 0 Å². The molecule has 0 aliphatic heterocycles. The topological polar surface area (TPSA) is 55.5 Å². The van der Waals surface area contributed by atoms with E-state index in [0.29, 0.717) is 11.5 Å². The third kappa shape index (κ3) is 3.81. The van der Waals surface area contributed by atoms with Crippen LogP contribution in [0.15, 0.2) is 60.7 Å². The van der Waals surface area contributed by atoms with Crippen molar-refractivity contribution >= 4 is 10.8 Å². The van der Waals surface area contributed by atoms with Gasteiger partial charge in [0.25, 0.3) is 0 Å². The maximum Gasteiger partial charge on any atom is 0.416 e. The van der Waals surface area contributed by atoms with Gasteiger partial charge in [0.2, 0.25) is 0 Å². The maximum atomic E-state index is 12.6. The van der Waals surface area contributed by atoms with Crippen molar-refractivity contribution in [1.82, 2.24) is 0 Å². The van der Waals surface area contributed by atoms with Gasteiger partial charge >= 0.3 is 6.18 Å².